The number of nitrogens with one attached hydrogen (secondary N) is 3. The van der Waals surface area contributed by atoms with Crippen molar-refractivity contribution in [1.29, 1.82) is 0 Å². The van der Waals surface area contributed by atoms with Crippen LogP contribution in [-0.2, 0) is 25.6 Å². The minimum Gasteiger partial charge on any atom is -0.480 e. The second-order valence-electron chi connectivity index (χ2n) is 7.16. The van der Waals surface area contributed by atoms with Crippen molar-refractivity contribution in [3.05, 3.63) is 35.9 Å². The highest BCUT2D eigenvalue weighted by atomic mass is 16.4. The number of aliphatic imine (C=N–C) groups is 1. The Morgan fingerprint density at radius 3 is 2.18 bits per heavy atom. The van der Waals surface area contributed by atoms with Crippen molar-refractivity contribution < 1.29 is 29.4 Å². The van der Waals surface area contributed by atoms with E-state index in [0.717, 1.165) is 5.56 Å². The first kappa shape index (κ1) is 27.3. The smallest absolute Gasteiger partial charge is 0.322 e. The lowest BCUT2D eigenvalue weighted by Gasteiger charge is -2.24. The Balaban J connectivity index is 2.98. The minimum absolute atomic E-state index is 0.0913. The van der Waals surface area contributed by atoms with E-state index in [2.05, 4.69) is 20.9 Å². The Bertz CT molecular complexity index is 829. The number of hydrogen-bond acceptors (Lipinski definition) is 7. The number of aliphatic hydroxyl groups is 1. The Hall–Kier alpha value is -3.71. The van der Waals surface area contributed by atoms with Crippen LogP contribution in [0.1, 0.15) is 18.4 Å². The number of amides is 3. The fourth-order valence-electron chi connectivity index (χ4n) is 2.75. The average molecular weight is 466 g/mol. The highest BCUT2D eigenvalue weighted by Crippen LogP contribution is 2.06. The molecule has 182 valence electrons. The highest BCUT2D eigenvalue weighted by Gasteiger charge is 2.28. The number of carbonyl (C=O) groups is 4. The summed E-state index contributed by atoms with van der Waals surface area (Å²) in [5, 5.41) is 25.1. The van der Waals surface area contributed by atoms with E-state index >= 15 is 0 Å². The van der Waals surface area contributed by atoms with Crippen LogP contribution in [0.15, 0.2) is 35.3 Å². The zero-order valence-corrected chi connectivity index (χ0v) is 18.1. The number of guanidine groups is 1. The number of carboxylic acids is 1. The van der Waals surface area contributed by atoms with E-state index in [-0.39, 0.29) is 25.3 Å². The number of carboxylic acid groups (broad SMARTS) is 1. The molecule has 1 rings (SSSR count). The molecule has 3 atom stereocenters. The maximum Gasteiger partial charge on any atom is 0.322 e. The van der Waals surface area contributed by atoms with Gasteiger partial charge in [-0.25, -0.2) is 0 Å². The minimum atomic E-state index is -1.25. The zero-order valence-electron chi connectivity index (χ0n) is 18.1. The van der Waals surface area contributed by atoms with E-state index in [1.54, 1.807) is 30.3 Å². The molecular weight excluding hydrogens is 434 g/mol. The molecule has 1 aromatic rings. The van der Waals surface area contributed by atoms with Crippen molar-refractivity contribution >= 4 is 29.7 Å². The van der Waals surface area contributed by atoms with Crippen molar-refractivity contribution in [3.8, 4) is 0 Å². The van der Waals surface area contributed by atoms with Crippen LogP contribution in [0, 0.1) is 0 Å². The van der Waals surface area contributed by atoms with Crippen LogP contribution in [0.4, 0.5) is 0 Å². The Morgan fingerprint density at radius 1 is 0.970 bits per heavy atom. The maximum absolute atomic E-state index is 13.0. The summed E-state index contributed by atoms with van der Waals surface area (Å²) in [6.45, 7) is -1.05. The largest absolute Gasteiger partial charge is 0.480 e. The summed E-state index contributed by atoms with van der Waals surface area (Å²) in [5.41, 5.74) is 16.8. The summed E-state index contributed by atoms with van der Waals surface area (Å²) < 4.78 is 0. The van der Waals surface area contributed by atoms with Crippen LogP contribution in [0.5, 0.6) is 0 Å². The van der Waals surface area contributed by atoms with Gasteiger partial charge in [0, 0.05) is 13.0 Å². The number of nitrogens with zero attached hydrogens (tertiary/aromatic N) is 1. The lowest BCUT2D eigenvalue weighted by Crippen LogP contribution is -2.57. The molecule has 3 unspecified atom stereocenters. The molecule has 0 radical (unpaired) electrons. The lowest BCUT2D eigenvalue weighted by molar-refractivity contribution is -0.138. The van der Waals surface area contributed by atoms with E-state index in [9.17, 15) is 19.2 Å². The Labute approximate surface area is 190 Å². The SMILES string of the molecule is NC(N)=NCCCC(NC(=O)C(Cc1ccccc1)NC(=O)C(N)CO)C(=O)NCC(=O)O. The van der Waals surface area contributed by atoms with Gasteiger partial charge in [-0.2, -0.15) is 0 Å². The molecule has 11 N–H and O–H groups in total. The molecule has 0 aliphatic rings. The van der Waals surface area contributed by atoms with Crippen molar-refractivity contribution in [3.63, 3.8) is 0 Å². The normalized spacial score (nSPS) is 13.2. The quantitative estimate of drug-likeness (QED) is 0.0782. The van der Waals surface area contributed by atoms with Crippen molar-refractivity contribution in [1.82, 2.24) is 16.0 Å². The fourth-order valence-corrected chi connectivity index (χ4v) is 2.75. The third kappa shape index (κ3) is 10.9. The monoisotopic (exact) mass is 465 g/mol. The van der Waals surface area contributed by atoms with Gasteiger partial charge in [0.15, 0.2) is 5.96 Å². The lowest BCUT2D eigenvalue weighted by atomic mass is 10.0. The van der Waals surface area contributed by atoms with Crippen molar-refractivity contribution in [2.45, 2.75) is 37.4 Å². The third-order valence-electron chi connectivity index (χ3n) is 4.44. The molecule has 0 saturated heterocycles. The van der Waals surface area contributed by atoms with Crippen molar-refractivity contribution in [2.75, 3.05) is 19.7 Å². The number of nitrogens with two attached hydrogens (primary N) is 3. The molecule has 13 heteroatoms. The van der Waals surface area contributed by atoms with Gasteiger partial charge in [-0.3, -0.25) is 24.2 Å². The van der Waals surface area contributed by atoms with Crippen LogP contribution < -0.4 is 33.2 Å². The van der Waals surface area contributed by atoms with Gasteiger partial charge in [0.05, 0.1) is 6.61 Å². The summed E-state index contributed by atoms with van der Waals surface area (Å²) in [5.74, 6) is -3.52. The van der Waals surface area contributed by atoms with Gasteiger partial charge in [-0.05, 0) is 18.4 Å². The first-order valence-electron chi connectivity index (χ1n) is 10.2. The molecule has 0 saturated carbocycles. The molecule has 0 heterocycles. The van der Waals surface area contributed by atoms with Gasteiger partial charge >= 0.3 is 5.97 Å². The molecular formula is C20H31N7O6. The third-order valence-corrected chi connectivity index (χ3v) is 4.44. The summed E-state index contributed by atoms with van der Waals surface area (Å²) in [4.78, 5) is 52.2. The molecule has 0 aromatic heterocycles. The van der Waals surface area contributed by atoms with Gasteiger partial charge in [-0.1, -0.05) is 30.3 Å². The molecule has 33 heavy (non-hydrogen) atoms. The average Bonchev–Trinajstić information content (AvgIpc) is 2.78. The second-order valence-corrected chi connectivity index (χ2v) is 7.16. The number of hydrogen-bond donors (Lipinski definition) is 8. The van der Waals surface area contributed by atoms with Crippen LogP contribution in [-0.4, -0.2) is 77.7 Å². The van der Waals surface area contributed by atoms with Crippen LogP contribution in [0.2, 0.25) is 0 Å². The van der Waals surface area contributed by atoms with Crippen LogP contribution >= 0.6 is 0 Å². The molecule has 0 aliphatic heterocycles. The number of aliphatic carboxylic acids is 1. The topological polar surface area (TPSA) is 235 Å². The summed E-state index contributed by atoms with van der Waals surface area (Å²) >= 11 is 0. The number of benzene rings is 1. The Kier molecular flexibility index (Phi) is 11.9. The molecule has 1 aromatic carbocycles. The standard InChI is InChI=1S/C20H31N7O6/c21-13(11-28)17(31)27-15(9-12-5-2-1-3-6-12)19(33)26-14(7-4-8-24-20(22)23)18(32)25-10-16(29)30/h1-3,5-6,13-15,28H,4,7-11,21H2,(H,25,32)(H,26,33)(H,27,31)(H,29,30)(H4,22,23,24). The molecule has 0 spiro atoms. The molecule has 0 fully saturated rings. The number of aliphatic hydroxyl groups excluding tert-OH is 1. The fraction of sp³-hybridized carbons (Fsp3) is 0.450. The second kappa shape index (κ2) is 14.4. The molecule has 0 bridgehead atoms. The number of carbonyl (C=O) groups excluding carboxylic acids is 3. The molecule has 13 nitrogen and oxygen atoms in total. The van der Waals surface area contributed by atoms with Crippen LogP contribution in [0.3, 0.4) is 0 Å². The van der Waals surface area contributed by atoms with E-state index in [4.69, 9.17) is 27.4 Å². The first-order chi connectivity index (χ1) is 15.6. The van der Waals surface area contributed by atoms with E-state index in [1.165, 1.54) is 0 Å². The highest BCUT2D eigenvalue weighted by molar-refractivity contribution is 5.93. The predicted molar refractivity (Wildman–Crippen MR) is 120 cm³/mol. The van der Waals surface area contributed by atoms with E-state index in [1.807, 2.05) is 0 Å². The zero-order chi connectivity index (χ0) is 24.8. The van der Waals surface area contributed by atoms with Gasteiger partial charge in [0.2, 0.25) is 17.7 Å². The van der Waals surface area contributed by atoms with Gasteiger partial charge < -0.3 is 43.4 Å². The first-order valence-corrected chi connectivity index (χ1v) is 10.2. The predicted octanol–water partition coefficient (Wildman–Crippen LogP) is -3.23. The van der Waals surface area contributed by atoms with Gasteiger partial charge in [0.25, 0.3) is 0 Å². The Morgan fingerprint density at radius 2 is 1.61 bits per heavy atom. The summed E-state index contributed by atoms with van der Waals surface area (Å²) in [6.07, 6.45) is 0.512. The maximum atomic E-state index is 13.0. The summed E-state index contributed by atoms with van der Waals surface area (Å²) in [6, 6.07) is 5.38. The van der Waals surface area contributed by atoms with Crippen LogP contribution in [0.25, 0.3) is 0 Å². The summed E-state index contributed by atoms with van der Waals surface area (Å²) in [7, 11) is 0. The van der Waals surface area contributed by atoms with Gasteiger partial charge in [-0.15, -0.1) is 0 Å². The van der Waals surface area contributed by atoms with Gasteiger partial charge in [0.1, 0.15) is 24.7 Å². The van der Waals surface area contributed by atoms with Crippen molar-refractivity contribution in [2.24, 2.45) is 22.2 Å². The molecule has 3 amide bonds. The van der Waals surface area contributed by atoms with E-state index < -0.39 is 55.0 Å². The molecule has 0 aliphatic carbocycles. The van der Waals surface area contributed by atoms with E-state index in [0.29, 0.717) is 6.42 Å². The number of rotatable bonds is 14.